The molecule has 0 radical (unpaired) electrons. The largest absolute Gasteiger partial charge is 0.342 e. The van der Waals surface area contributed by atoms with Crippen LogP contribution in [-0.2, 0) is 4.79 Å². The van der Waals surface area contributed by atoms with Gasteiger partial charge in [-0.3, -0.25) is 9.69 Å². The predicted octanol–water partition coefficient (Wildman–Crippen LogP) is 1.07. The summed E-state index contributed by atoms with van der Waals surface area (Å²) >= 11 is 0. The van der Waals surface area contributed by atoms with Gasteiger partial charge in [-0.1, -0.05) is 0 Å². The molecule has 3 rings (SSSR count). The van der Waals surface area contributed by atoms with Crippen LogP contribution in [0.5, 0.6) is 0 Å². The Bertz CT molecular complexity index is 309. The van der Waals surface area contributed by atoms with Gasteiger partial charge in [-0.25, -0.2) is 0 Å². The molecule has 0 aliphatic carbocycles. The number of likely N-dealkylation sites (tertiary alicyclic amines) is 2. The first-order valence-electron chi connectivity index (χ1n) is 8.08. The summed E-state index contributed by atoms with van der Waals surface area (Å²) in [6.45, 7) is 6.51. The van der Waals surface area contributed by atoms with E-state index in [0.29, 0.717) is 5.91 Å². The molecular formula is C15H27N3O. The lowest BCUT2D eigenvalue weighted by Gasteiger charge is -2.40. The first-order chi connectivity index (χ1) is 9.34. The van der Waals surface area contributed by atoms with Crippen LogP contribution in [0.4, 0.5) is 0 Å². The average Bonchev–Trinajstić information content (AvgIpc) is 3.02. The molecule has 0 aromatic heterocycles. The quantitative estimate of drug-likeness (QED) is 0.811. The molecule has 0 unspecified atom stereocenters. The van der Waals surface area contributed by atoms with Gasteiger partial charge in [0.2, 0.25) is 5.91 Å². The highest BCUT2D eigenvalue weighted by Crippen LogP contribution is 2.24. The standard InChI is InChI=1S/C15H27N3O/c19-15(17-9-1-2-10-17)13-4-3-11-18(12-13)14-5-7-16-8-6-14/h13-14,16H,1-12H2/t13-/m1/s1. The molecule has 19 heavy (non-hydrogen) atoms. The zero-order valence-electron chi connectivity index (χ0n) is 11.9. The summed E-state index contributed by atoms with van der Waals surface area (Å²) in [6, 6.07) is 0.718. The lowest BCUT2D eigenvalue weighted by Crippen LogP contribution is -2.50. The van der Waals surface area contributed by atoms with Crippen molar-refractivity contribution in [2.45, 2.75) is 44.6 Å². The Balaban J connectivity index is 1.56. The van der Waals surface area contributed by atoms with Gasteiger partial charge in [-0.15, -0.1) is 0 Å². The number of nitrogens with zero attached hydrogens (tertiary/aromatic N) is 2. The highest BCUT2D eigenvalue weighted by atomic mass is 16.2. The lowest BCUT2D eigenvalue weighted by atomic mass is 9.93. The summed E-state index contributed by atoms with van der Waals surface area (Å²) in [7, 11) is 0. The highest BCUT2D eigenvalue weighted by molar-refractivity contribution is 5.79. The molecule has 1 amide bonds. The maximum Gasteiger partial charge on any atom is 0.226 e. The summed E-state index contributed by atoms with van der Waals surface area (Å²) in [5.74, 6) is 0.720. The first-order valence-corrected chi connectivity index (χ1v) is 8.08. The molecule has 1 atom stereocenters. The average molecular weight is 265 g/mol. The van der Waals surface area contributed by atoms with E-state index in [1.165, 1.54) is 38.6 Å². The number of carbonyl (C=O) groups is 1. The smallest absolute Gasteiger partial charge is 0.226 e. The molecule has 1 N–H and O–H groups in total. The minimum atomic E-state index is 0.279. The topological polar surface area (TPSA) is 35.6 Å². The minimum absolute atomic E-state index is 0.279. The number of rotatable bonds is 2. The van der Waals surface area contributed by atoms with Crippen molar-refractivity contribution in [3.8, 4) is 0 Å². The molecule has 0 saturated carbocycles. The summed E-state index contributed by atoms with van der Waals surface area (Å²) in [5.41, 5.74) is 0. The fourth-order valence-electron chi connectivity index (χ4n) is 3.91. The van der Waals surface area contributed by atoms with E-state index >= 15 is 0 Å². The number of amides is 1. The van der Waals surface area contributed by atoms with Gasteiger partial charge in [-0.05, 0) is 58.2 Å². The zero-order valence-corrected chi connectivity index (χ0v) is 11.9. The predicted molar refractivity (Wildman–Crippen MR) is 76.0 cm³/mol. The summed E-state index contributed by atoms with van der Waals surface area (Å²) in [5, 5.41) is 3.43. The van der Waals surface area contributed by atoms with Gasteiger partial charge < -0.3 is 10.2 Å². The second kappa shape index (κ2) is 6.23. The molecule has 3 aliphatic rings. The van der Waals surface area contributed by atoms with Crippen molar-refractivity contribution in [2.75, 3.05) is 39.3 Å². The van der Waals surface area contributed by atoms with Crippen molar-refractivity contribution in [1.29, 1.82) is 0 Å². The molecule has 0 bridgehead atoms. The van der Waals surface area contributed by atoms with Crippen LogP contribution < -0.4 is 5.32 Å². The second-order valence-electron chi connectivity index (χ2n) is 6.35. The molecule has 0 spiro atoms. The van der Waals surface area contributed by atoms with Crippen LogP contribution in [0.2, 0.25) is 0 Å². The van der Waals surface area contributed by atoms with Crippen LogP contribution in [-0.4, -0.2) is 61.0 Å². The Morgan fingerprint density at radius 1 is 0.947 bits per heavy atom. The molecule has 0 aromatic carbocycles. The van der Waals surface area contributed by atoms with E-state index in [1.54, 1.807) is 0 Å². The zero-order chi connectivity index (χ0) is 13.1. The van der Waals surface area contributed by atoms with Gasteiger partial charge in [0.1, 0.15) is 0 Å². The Morgan fingerprint density at radius 3 is 2.42 bits per heavy atom. The van der Waals surface area contributed by atoms with Crippen LogP contribution >= 0.6 is 0 Å². The van der Waals surface area contributed by atoms with E-state index < -0.39 is 0 Å². The molecule has 3 aliphatic heterocycles. The van der Waals surface area contributed by atoms with E-state index in [4.69, 9.17) is 0 Å². The minimum Gasteiger partial charge on any atom is -0.342 e. The monoisotopic (exact) mass is 265 g/mol. The lowest BCUT2D eigenvalue weighted by molar-refractivity contribution is -0.136. The van der Waals surface area contributed by atoms with Crippen LogP contribution in [0.3, 0.4) is 0 Å². The molecule has 108 valence electrons. The van der Waals surface area contributed by atoms with E-state index in [0.717, 1.165) is 45.2 Å². The van der Waals surface area contributed by atoms with Crippen molar-refractivity contribution in [2.24, 2.45) is 5.92 Å². The van der Waals surface area contributed by atoms with Crippen molar-refractivity contribution < 1.29 is 4.79 Å². The molecular weight excluding hydrogens is 238 g/mol. The van der Waals surface area contributed by atoms with E-state index in [1.807, 2.05) is 0 Å². The maximum absolute atomic E-state index is 12.5. The second-order valence-corrected chi connectivity index (χ2v) is 6.35. The maximum atomic E-state index is 12.5. The van der Waals surface area contributed by atoms with Crippen molar-refractivity contribution >= 4 is 5.91 Å². The fourth-order valence-corrected chi connectivity index (χ4v) is 3.91. The van der Waals surface area contributed by atoms with Crippen LogP contribution in [0, 0.1) is 5.92 Å². The normalized spacial score (nSPS) is 30.7. The number of piperidine rings is 2. The Morgan fingerprint density at radius 2 is 1.68 bits per heavy atom. The van der Waals surface area contributed by atoms with Gasteiger partial charge in [-0.2, -0.15) is 0 Å². The van der Waals surface area contributed by atoms with Crippen molar-refractivity contribution in [1.82, 2.24) is 15.1 Å². The van der Waals surface area contributed by atoms with Gasteiger partial charge in [0.25, 0.3) is 0 Å². The first kappa shape index (κ1) is 13.4. The molecule has 0 aromatic rings. The van der Waals surface area contributed by atoms with E-state index in [-0.39, 0.29) is 5.92 Å². The van der Waals surface area contributed by atoms with Gasteiger partial charge in [0.15, 0.2) is 0 Å². The third kappa shape index (κ3) is 3.11. The third-order valence-corrected chi connectivity index (χ3v) is 5.04. The molecule has 4 nitrogen and oxygen atoms in total. The number of hydrogen-bond donors (Lipinski definition) is 1. The number of hydrogen-bond acceptors (Lipinski definition) is 3. The molecule has 3 fully saturated rings. The van der Waals surface area contributed by atoms with E-state index in [2.05, 4.69) is 15.1 Å². The van der Waals surface area contributed by atoms with Crippen LogP contribution in [0.25, 0.3) is 0 Å². The van der Waals surface area contributed by atoms with E-state index in [9.17, 15) is 4.79 Å². The SMILES string of the molecule is O=C([C@@H]1CCCN(C2CCNCC2)C1)N1CCCC1. The molecule has 3 heterocycles. The Labute approximate surface area is 116 Å². The summed E-state index contributed by atoms with van der Waals surface area (Å²) < 4.78 is 0. The molecule has 4 heteroatoms. The van der Waals surface area contributed by atoms with Crippen molar-refractivity contribution in [3.63, 3.8) is 0 Å². The van der Waals surface area contributed by atoms with Gasteiger partial charge in [0, 0.05) is 25.7 Å². The fraction of sp³-hybridized carbons (Fsp3) is 0.933. The Kier molecular flexibility index (Phi) is 4.38. The third-order valence-electron chi connectivity index (χ3n) is 5.04. The highest BCUT2D eigenvalue weighted by Gasteiger charge is 2.33. The Hall–Kier alpha value is -0.610. The van der Waals surface area contributed by atoms with Gasteiger partial charge in [0.05, 0.1) is 5.92 Å². The molecule has 3 saturated heterocycles. The van der Waals surface area contributed by atoms with Crippen LogP contribution in [0.15, 0.2) is 0 Å². The summed E-state index contributed by atoms with van der Waals surface area (Å²) in [4.78, 5) is 17.2. The van der Waals surface area contributed by atoms with Crippen LogP contribution in [0.1, 0.15) is 38.5 Å². The number of carbonyl (C=O) groups excluding carboxylic acids is 1. The number of nitrogens with one attached hydrogen (secondary N) is 1. The summed E-state index contributed by atoms with van der Waals surface area (Å²) in [6.07, 6.45) is 7.23. The van der Waals surface area contributed by atoms with Crippen molar-refractivity contribution in [3.05, 3.63) is 0 Å². The van der Waals surface area contributed by atoms with Gasteiger partial charge >= 0.3 is 0 Å².